The van der Waals surface area contributed by atoms with Crippen molar-refractivity contribution in [2.75, 3.05) is 6.61 Å². The van der Waals surface area contributed by atoms with E-state index in [1.807, 2.05) is 0 Å². The molecule has 1 saturated carbocycles. The number of urea groups is 1. The summed E-state index contributed by atoms with van der Waals surface area (Å²) in [7, 11) is 1.80. The Labute approximate surface area is 124 Å². The number of aromatic nitrogens is 3. The fourth-order valence-corrected chi connectivity index (χ4v) is 3.45. The number of hydrogen-bond acceptors (Lipinski definition) is 4. The van der Waals surface area contributed by atoms with Gasteiger partial charge in [0.15, 0.2) is 0 Å². The third-order valence-electron chi connectivity index (χ3n) is 4.52. The van der Waals surface area contributed by atoms with Crippen LogP contribution in [0, 0.1) is 0 Å². The largest absolute Gasteiger partial charge is 0.373 e. The number of rotatable bonds is 3. The third-order valence-corrected chi connectivity index (χ3v) is 4.52. The average Bonchev–Trinajstić information content (AvgIpc) is 3.05. The molecule has 1 unspecified atom stereocenters. The van der Waals surface area contributed by atoms with E-state index < -0.39 is 0 Å². The number of nitrogens with one attached hydrogen (secondary N) is 2. The van der Waals surface area contributed by atoms with E-state index in [-0.39, 0.29) is 17.7 Å². The Hall–Kier alpha value is -1.63. The summed E-state index contributed by atoms with van der Waals surface area (Å²) in [6.07, 6.45) is 8.47. The van der Waals surface area contributed by atoms with Crippen LogP contribution in [0.3, 0.4) is 0 Å². The molecule has 2 N–H and O–H groups in total. The van der Waals surface area contributed by atoms with Gasteiger partial charge in [0.1, 0.15) is 5.69 Å². The van der Waals surface area contributed by atoms with Crippen molar-refractivity contribution < 1.29 is 9.53 Å². The van der Waals surface area contributed by atoms with Crippen molar-refractivity contribution in [2.24, 2.45) is 7.05 Å². The molecule has 1 aliphatic carbocycles. The molecule has 3 rings (SSSR count). The highest BCUT2D eigenvalue weighted by molar-refractivity contribution is 5.74. The van der Waals surface area contributed by atoms with Crippen LogP contribution in [0.4, 0.5) is 4.79 Å². The number of hydrogen-bond donors (Lipinski definition) is 2. The average molecular weight is 293 g/mol. The molecule has 0 radical (unpaired) electrons. The van der Waals surface area contributed by atoms with Crippen LogP contribution in [0.1, 0.15) is 44.2 Å². The zero-order chi connectivity index (χ0) is 14.7. The Morgan fingerprint density at radius 2 is 2.29 bits per heavy atom. The molecule has 1 spiro atoms. The molecular weight excluding hydrogens is 270 g/mol. The van der Waals surface area contributed by atoms with Crippen molar-refractivity contribution in [1.82, 2.24) is 25.6 Å². The van der Waals surface area contributed by atoms with Gasteiger partial charge in [-0.2, -0.15) is 0 Å². The number of carbonyl (C=O) groups excluding carboxylic acids is 1. The molecule has 2 aliphatic rings. The number of ether oxygens (including phenoxy) is 1. The van der Waals surface area contributed by atoms with Gasteiger partial charge in [-0.1, -0.05) is 24.5 Å². The maximum atomic E-state index is 12.1. The Morgan fingerprint density at radius 1 is 1.48 bits per heavy atom. The number of aryl methyl sites for hydroxylation is 1. The molecule has 21 heavy (non-hydrogen) atoms. The highest BCUT2D eigenvalue weighted by Gasteiger charge is 2.45. The monoisotopic (exact) mass is 293 g/mol. The first-order valence-corrected chi connectivity index (χ1v) is 7.71. The second-order valence-electron chi connectivity index (χ2n) is 6.03. The second-order valence-corrected chi connectivity index (χ2v) is 6.03. The molecule has 1 aliphatic heterocycles. The Kier molecular flexibility index (Phi) is 4.10. The molecule has 7 heteroatoms. The number of nitrogens with zero attached hydrogens (tertiary/aromatic N) is 3. The van der Waals surface area contributed by atoms with Gasteiger partial charge in [-0.3, -0.25) is 4.68 Å². The lowest BCUT2D eigenvalue weighted by atomic mass is 9.80. The lowest BCUT2D eigenvalue weighted by Gasteiger charge is -2.37. The van der Waals surface area contributed by atoms with E-state index >= 15 is 0 Å². The van der Waals surface area contributed by atoms with Crippen LogP contribution in [-0.4, -0.2) is 39.3 Å². The van der Waals surface area contributed by atoms with Crippen LogP contribution in [0.25, 0.3) is 0 Å². The van der Waals surface area contributed by atoms with Gasteiger partial charge in [0.25, 0.3) is 0 Å². The number of carbonyl (C=O) groups is 1. The van der Waals surface area contributed by atoms with E-state index in [4.69, 9.17) is 4.74 Å². The fraction of sp³-hybridized carbons (Fsp3) is 0.786. The highest BCUT2D eigenvalue weighted by atomic mass is 16.5. The van der Waals surface area contributed by atoms with Crippen LogP contribution in [0.2, 0.25) is 0 Å². The van der Waals surface area contributed by atoms with E-state index in [0.717, 1.165) is 31.6 Å². The molecular formula is C14H23N5O2. The quantitative estimate of drug-likeness (QED) is 0.874. The normalized spacial score (nSPS) is 24.1. The van der Waals surface area contributed by atoms with Gasteiger partial charge in [-0.25, -0.2) is 4.79 Å². The SMILES string of the molecule is Cn1cc(CNC(=O)NC2CCOC23CCCCC3)nn1. The van der Waals surface area contributed by atoms with E-state index in [1.54, 1.807) is 17.9 Å². The van der Waals surface area contributed by atoms with Crippen molar-refractivity contribution >= 4 is 6.03 Å². The maximum absolute atomic E-state index is 12.1. The first-order valence-electron chi connectivity index (χ1n) is 7.71. The van der Waals surface area contributed by atoms with Crippen molar-refractivity contribution in [3.8, 4) is 0 Å². The van der Waals surface area contributed by atoms with E-state index in [1.165, 1.54) is 19.3 Å². The molecule has 2 fully saturated rings. The maximum Gasteiger partial charge on any atom is 0.315 e. The first kappa shape index (κ1) is 14.3. The van der Waals surface area contributed by atoms with Crippen LogP contribution in [0.15, 0.2) is 6.20 Å². The molecule has 1 atom stereocenters. The van der Waals surface area contributed by atoms with Crippen molar-refractivity contribution in [2.45, 2.75) is 56.7 Å². The molecule has 1 aromatic rings. The summed E-state index contributed by atoms with van der Waals surface area (Å²) in [5, 5.41) is 13.7. The molecule has 0 aromatic carbocycles. The van der Waals surface area contributed by atoms with Gasteiger partial charge in [-0.15, -0.1) is 5.10 Å². The fourth-order valence-electron chi connectivity index (χ4n) is 3.45. The Balaban J connectivity index is 1.51. The smallest absolute Gasteiger partial charge is 0.315 e. The van der Waals surface area contributed by atoms with Gasteiger partial charge in [0.05, 0.1) is 18.2 Å². The standard InChI is InChI=1S/C14H23N5O2/c1-19-10-11(17-18-19)9-15-13(20)16-12-5-8-21-14(12)6-3-2-4-7-14/h10,12H,2-9H2,1H3,(H2,15,16,20). The molecule has 1 saturated heterocycles. The highest BCUT2D eigenvalue weighted by Crippen LogP contribution is 2.39. The predicted octanol–water partition coefficient (Wildman–Crippen LogP) is 1.11. The molecule has 116 valence electrons. The van der Waals surface area contributed by atoms with E-state index in [2.05, 4.69) is 20.9 Å². The number of amides is 2. The minimum atomic E-state index is -0.152. The molecule has 2 heterocycles. The summed E-state index contributed by atoms with van der Waals surface area (Å²) in [6.45, 7) is 1.13. The lowest BCUT2D eigenvalue weighted by molar-refractivity contribution is -0.0367. The van der Waals surface area contributed by atoms with E-state index in [0.29, 0.717) is 6.54 Å². The topological polar surface area (TPSA) is 81.1 Å². The van der Waals surface area contributed by atoms with Crippen LogP contribution in [0.5, 0.6) is 0 Å². The van der Waals surface area contributed by atoms with Crippen LogP contribution < -0.4 is 10.6 Å². The van der Waals surface area contributed by atoms with Gasteiger partial charge in [0, 0.05) is 19.9 Å². The molecule has 1 aromatic heterocycles. The van der Waals surface area contributed by atoms with Gasteiger partial charge in [-0.05, 0) is 19.3 Å². The summed E-state index contributed by atoms with van der Waals surface area (Å²) < 4.78 is 7.61. The van der Waals surface area contributed by atoms with Crippen molar-refractivity contribution in [3.63, 3.8) is 0 Å². The first-order chi connectivity index (χ1) is 10.2. The summed E-state index contributed by atoms with van der Waals surface area (Å²) in [4.78, 5) is 12.1. The van der Waals surface area contributed by atoms with Crippen LogP contribution in [-0.2, 0) is 18.3 Å². The minimum Gasteiger partial charge on any atom is -0.373 e. The van der Waals surface area contributed by atoms with Crippen molar-refractivity contribution in [3.05, 3.63) is 11.9 Å². The Morgan fingerprint density at radius 3 is 3.00 bits per heavy atom. The van der Waals surface area contributed by atoms with Crippen molar-refractivity contribution in [1.29, 1.82) is 0 Å². The summed E-state index contributed by atoms with van der Waals surface area (Å²) in [5.74, 6) is 0. The summed E-state index contributed by atoms with van der Waals surface area (Å²) in [5.41, 5.74) is 0.630. The van der Waals surface area contributed by atoms with Gasteiger partial charge < -0.3 is 15.4 Å². The molecule has 7 nitrogen and oxygen atoms in total. The molecule has 0 bridgehead atoms. The Bertz CT molecular complexity index is 495. The lowest BCUT2D eigenvalue weighted by Crippen LogP contribution is -2.53. The van der Waals surface area contributed by atoms with Gasteiger partial charge in [0.2, 0.25) is 0 Å². The van der Waals surface area contributed by atoms with Gasteiger partial charge >= 0.3 is 6.03 Å². The summed E-state index contributed by atoms with van der Waals surface area (Å²) in [6, 6.07) is -0.0271. The second kappa shape index (κ2) is 6.01. The minimum absolute atomic E-state index is 0.123. The molecule has 2 amide bonds. The zero-order valence-electron chi connectivity index (χ0n) is 12.5. The predicted molar refractivity (Wildman–Crippen MR) is 76.5 cm³/mol. The van der Waals surface area contributed by atoms with Crippen LogP contribution >= 0.6 is 0 Å². The zero-order valence-corrected chi connectivity index (χ0v) is 12.5. The van der Waals surface area contributed by atoms with E-state index in [9.17, 15) is 4.79 Å². The summed E-state index contributed by atoms with van der Waals surface area (Å²) >= 11 is 0. The third kappa shape index (κ3) is 3.18.